The number of amides is 2. The molecule has 3 rings (SSSR count). The van der Waals surface area contributed by atoms with Crippen LogP contribution >= 0.6 is 11.3 Å². The number of carbonyl (C=O) groups is 1. The van der Waals surface area contributed by atoms with Crippen molar-refractivity contribution in [1.82, 2.24) is 10.3 Å². The van der Waals surface area contributed by atoms with Gasteiger partial charge in [0.15, 0.2) is 5.13 Å². The first kappa shape index (κ1) is 12.4. The average Bonchev–Trinajstić information content (AvgIpc) is 3.04. The predicted octanol–water partition coefficient (Wildman–Crippen LogP) is 2.60. The van der Waals surface area contributed by atoms with Crippen LogP contribution in [-0.2, 0) is 4.74 Å². The monoisotopic (exact) mass is 277 g/mol. The fourth-order valence-corrected chi connectivity index (χ4v) is 2.94. The summed E-state index contributed by atoms with van der Waals surface area (Å²) in [5, 5.41) is 6.18. The summed E-state index contributed by atoms with van der Waals surface area (Å²) in [6.45, 7) is 1.35. The minimum absolute atomic E-state index is 0.154. The highest BCUT2D eigenvalue weighted by Gasteiger charge is 2.16. The lowest BCUT2D eigenvalue weighted by atomic mass is 10.2. The van der Waals surface area contributed by atoms with Crippen LogP contribution in [0.25, 0.3) is 10.2 Å². The van der Waals surface area contributed by atoms with Crippen molar-refractivity contribution < 1.29 is 9.53 Å². The van der Waals surface area contributed by atoms with E-state index in [0.29, 0.717) is 11.7 Å². The number of carbonyl (C=O) groups excluding carboxylic acids is 1. The molecule has 1 aliphatic rings. The number of nitrogens with zero attached hydrogens (tertiary/aromatic N) is 1. The average molecular weight is 277 g/mol. The van der Waals surface area contributed by atoms with Crippen molar-refractivity contribution >= 4 is 32.7 Å². The molecule has 1 saturated heterocycles. The third-order valence-corrected chi connectivity index (χ3v) is 3.98. The number of para-hydroxylation sites is 1. The zero-order chi connectivity index (χ0) is 13.1. The van der Waals surface area contributed by atoms with Crippen LogP contribution in [0, 0.1) is 0 Å². The van der Waals surface area contributed by atoms with Gasteiger partial charge in [0.1, 0.15) is 0 Å². The standard InChI is InChI=1S/C13H15N3O2S/c17-12(14-8-9-4-3-7-18-9)16-13-15-10-5-1-2-6-11(10)19-13/h1-2,5-6,9H,3-4,7-8H2,(H2,14,15,16,17)/t9-/m1/s1. The third kappa shape index (κ3) is 3.02. The zero-order valence-corrected chi connectivity index (χ0v) is 11.2. The van der Waals surface area contributed by atoms with Crippen molar-refractivity contribution in [2.24, 2.45) is 0 Å². The SMILES string of the molecule is O=C(NC[C@H]1CCCO1)Nc1nc2ccccc2s1. The van der Waals surface area contributed by atoms with Gasteiger partial charge in [-0.05, 0) is 25.0 Å². The quantitative estimate of drug-likeness (QED) is 0.906. The van der Waals surface area contributed by atoms with Gasteiger partial charge in [0.25, 0.3) is 0 Å². The molecular weight excluding hydrogens is 262 g/mol. The molecule has 0 unspecified atom stereocenters. The normalized spacial score (nSPS) is 18.6. The summed E-state index contributed by atoms with van der Waals surface area (Å²) < 4.78 is 6.51. The lowest BCUT2D eigenvalue weighted by Gasteiger charge is -2.10. The van der Waals surface area contributed by atoms with Crippen LogP contribution in [0.5, 0.6) is 0 Å². The molecule has 1 aromatic carbocycles. The van der Waals surface area contributed by atoms with Crippen molar-refractivity contribution in [1.29, 1.82) is 0 Å². The summed E-state index contributed by atoms with van der Waals surface area (Å²) >= 11 is 1.47. The highest BCUT2D eigenvalue weighted by Crippen LogP contribution is 2.25. The smallest absolute Gasteiger partial charge is 0.321 e. The van der Waals surface area contributed by atoms with E-state index in [-0.39, 0.29) is 12.1 Å². The molecule has 5 nitrogen and oxygen atoms in total. The van der Waals surface area contributed by atoms with Crippen LogP contribution in [0.2, 0.25) is 0 Å². The van der Waals surface area contributed by atoms with Gasteiger partial charge in [0.05, 0.1) is 16.3 Å². The van der Waals surface area contributed by atoms with Crippen LogP contribution in [0.15, 0.2) is 24.3 Å². The Bertz CT molecular complexity index is 545. The summed E-state index contributed by atoms with van der Waals surface area (Å²) in [7, 11) is 0. The number of hydrogen-bond donors (Lipinski definition) is 2. The number of thiazole rings is 1. The molecule has 2 N–H and O–H groups in total. The number of urea groups is 1. The molecule has 1 aliphatic heterocycles. The van der Waals surface area contributed by atoms with Crippen LogP contribution in [0.4, 0.5) is 9.93 Å². The second kappa shape index (κ2) is 5.54. The number of hydrogen-bond acceptors (Lipinski definition) is 4. The van der Waals surface area contributed by atoms with Crippen molar-refractivity contribution in [3.05, 3.63) is 24.3 Å². The molecule has 2 heterocycles. The topological polar surface area (TPSA) is 63.2 Å². The molecule has 19 heavy (non-hydrogen) atoms. The van der Waals surface area contributed by atoms with Crippen molar-refractivity contribution in [2.75, 3.05) is 18.5 Å². The van der Waals surface area contributed by atoms with Crippen LogP contribution in [-0.4, -0.2) is 30.3 Å². The molecule has 1 fully saturated rings. The van der Waals surface area contributed by atoms with E-state index >= 15 is 0 Å². The highest BCUT2D eigenvalue weighted by atomic mass is 32.1. The molecule has 100 valence electrons. The van der Waals surface area contributed by atoms with Gasteiger partial charge in [-0.25, -0.2) is 9.78 Å². The van der Waals surface area contributed by atoms with Crippen LogP contribution in [0.3, 0.4) is 0 Å². The summed E-state index contributed by atoms with van der Waals surface area (Å²) in [5.74, 6) is 0. The molecule has 1 aromatic heterocycles. The molecular formula is C13H15N3O2S. The molecule has 2 aromatic rings. The van der Waals surface area contributed by atoms with Crippen LogP contribution in [0.1, 0.15) is 12.8 Å². The van der Waals surface area contributed by atoms with Crippen molar-refractivity contribution in [2.45, 2.75) is 18.9 Å². The first-order chi connectivity index (χ1) is 9.31. The Morgan fingerprint density at radius 2 is 2.37 bits per heavy atom. The molecule has 0 saturated carbocycles. The molecule has 0 spiro atoms. The van der Waals surface area contributed by atoms with Crippen LogP contribution < -0.4 is 10.6 Å². The molecule has 1 atom stereocenters. The molecule has 0 aliphatic carbocycles. The second-order valence-electron chi connectivity index (χ2n) is 4.46. The number of rotatable bonds is 3. The third-order valence-electron chi connectivity index (χ3n) is 3.03. The van der Waals surface area contributed by atoms with Gasteiger partial charge < -0.3 is 10.1 Å². The van der Waals surface area contributed by atoms with E-state index in [1.165, 1.54) is 11.3 Å². The Labute approximate surface area is 115 Å². The summed E-state index contributed by atoms with van der Waals surface area (Å²) in [6.07, 6.45) is 2.24. The van der Waals surface area contributed by atoms with Gasteiger partial charge in [-0.15, -0.1) is 0 Å². The Hall–Kier alpha value is -1.66. The van der Waals surface area contributed by atoms with Gasteiger partial charge in [-0.1, -0.05) is 23.5 Å². The van der Waals surface area contributed by atoms with E-state index in [4.69, 9.17) is 4.74 Å². The first-order valence-electron chi connectivity index (χ1n) is 6.33. The first-order valence-corrected chi connectivity index (χ1v) is 7.15. The van der Waals surface area contributed by atoms with Crippen molar-refractivity contribution in [3.8, 4) is 0 Å². The van der Waals surface area contributed by atoms with E-state index in [9.17, 15) is 4.79 Å². The van der Waals surface area contributed by atoms with Gasteiger partial charge >= 0.3 is 6.03 Å². The molecule has 0 radical (unpaired) electrons. The summed E-state index contributed by atoms with van der Waals surface area (Å²) in [4.78, 5) is 16.1. The van der Waals surface area contributed by atoms with E-state index < -0.39 is 0 Å². The number of benzene rings is 1. The number of anilines is 1. The lowest BCUT2D eigenvalue weighted by Crippen LogP contribution is -2.34. The highest BCUT2D eigenvalue weighted by molar-refractivity contribution is 7.22. The number of nitrogens with one attached hydrogen (secondary N) is 2. The molecule has 0 bridgehead atoms. The van der Waals surface area contributed by atoms with Gasteiger partial charge in [-0.3, -0.25) is 5.32 Å². The summed E-state index contributed by atoms with van der Waals surface area (Å²) in [6, 6.07) is 7.59. The van der Waals surface area contributed by atoms with E-state index in [2.05, 4.69) is 15.6 Å². The van der Waals surface area contributed by atoms with E-state index in [0.717, 1.165) is 29.7 Å². The second-order valence-corrected chi connectivity index (χ2v) is 5.49. The lowest BCUT2D eigenvalue weighted by molar-refractivity contribution is 0.112. The number of ether oxygens (including phenoxy) is 1. The zero-order valence-electron chi connectivity index (χ0n) is 10.4. The maximum atomic E-state index is 11.7. The number of aromatic nitrogens is 1. The molecule has 6 heteroatoms. The Morgan fingerprint density at radius 3 is 3.16 bits per heavy atom. The summed E-state index contributed by atoms with van der Waals surface area (Å²) in [5.41, 5.74) is 0.905. The maximum absolute atomic E-state index is 11.7. The van der Waals surface area contributed by atoms with E-state index in [1.54, 1.807) is 0 Å². The van der Waals surface area contributed by atoms with E-state index in [1.807, 2.05) is 24.3 Å². The van der Waals surface area contributed by atoms with Crippen molar-refractivity contribution in [3.63, 3.8) is 0 Å². The fraction of sp³-hybridized carbons (Fsp3) is 0.385. The molecule has 2 amide bonds. The van der Waals surface area contributed by atoms with Gasteiger partial charge in [0, 0.05) is 13.2 Å². The minimum Gasteiger partial charge on any atom is -0.376 e. The maximum Gasteiger partial charge on any atom is 0.321 e. The Morgan fingerprint density at radius 1 is 1.47 bits per heavy atom. The van der Waals surface area contributed by atoms with Gasteiger partial charge in [-0.2, -0.15) is 0 Å². The predicted molar refractivity (Wildman–Crippen MR) is 75.6 cm³/mol. The number of fused-ring (bicyclic) bond motifs is 1. The Balaban J connectivity index is 1.56. The fourth-order valence-electron chi connectivity index (χ4n) is 2.08. The Kier molecular flexibility index (Phi) is 3.61. The minimum atomic E-state index is -0.227. The largest absolute Gasteiger partial charge is 0.376 e. The van der Waals surface area contributed by atoms with Gasteiger partial charge in [0.2, 0.25) is 0 Å².